The Labute approximate surface area is 186 Å². The zero-order valence-electron chi connectivity index (χ0n) is 15.5. The van der Waals surface area contributed by atoms with Gasteiger partial charge >= 0.3 is 0 Å². The summed E-state index contributed by atoms with van der Waals surface area (Å²) in [7, 11) is 1.53. The zero-order valence-corrected chi connectivity index (χ0v) is 18.6. The molecule has 3 rings (SSSR count). The van der Waals surface area contributed by atoms with E-state index in [0.717, 1.165) is 22.2 Å². The molecule has 2 aromatic carbocycles. The van der Waals surface area contributed by atoms with Crippen molar-refractivity contribution in [3.05, 3.63) is 74.6 Å². The third-order valence-corrected chi connectivity index (χ3v) is 5.93. The van der Waals surface area contributed by atoms with Gasteiger partial charge in [0, 0.05) is 17.1 Å². The monoisotopic (exact) mass is 493 g/mol. The molecule has 8 heteroatoms. The van der Waals surface area contributed by atoms with Gasteiger partial charge in [-0.15, -0.1) is 6.58 Å². The highest BCUT2D eigenvalue weighted by atomic mass is 79.9. The van der Waals surface area contributed by atoms with E-state index in [4.69, 9.17) is 21.1 Å². The predicted octanol–water partition coefficient (Wildman–Crippen LogP) is 5.91. The van der Waals surface area contributed by atoms with Crippen LogP contribution in [0.1, 0.15) is 11.1 Å². The molecule has 0 spiro atoms. The van der Waals surface area contributed by atoms with Crippen LogP contribution in [0.15, 0.2) is 58.4 Å². The number of hydrogen-bond donors (Lipinski definition) is 0. The summed E-state index contributed by atoms with van der Waals surface area (Å²) in [6.07, 6.45) is 3.17. The van der Waals surface area contributed by atoms with E-state index < -0.39 is 0 Å². The molecule has 2 amide bonds. The van der Waals surface area contributed by atoms with Gasteiger partial charge in [-0.05, 0) is 57.5 Å². The van der Waals surface area contributed by atoms with Crippen molar-refractivity contribution in [3.63, 3.8) is 0 Å². The van der Waals surface area contributed by atoms with Crippen molar-refractivity contribution in [1.82, 2.24) is 4.90 Å². The summed E-state index contributed by atoms with van der Waals surface area (Å²) in [5.74, 6) is 0.668. The quantitative estimate of drug-likeness (QED) is 0.354. The minimum Gasteiger partial charge on any atom is -0.493 e. The largest absolute Gasteiger partial charge is 0.493 e. The fourth-order valence-corrected chi connectivity index (χ4v) is 4.28. The van der Waals surface area contributed by atoms with Crippen LogP contribution in [0.2, 0.25) is 5.02 Å². The topological polar surface area (TPSA) is 55.8 Å². The average molecular weight is 495 g/mol. The van der Waals surface area contributed by atoms with Crippen LogP contribution in [-0.2, 0) is 11.4 Å². The Bertz CT molecular complexity index is 1010. The lowest BCUT2D eigenvalue weighted by Crippen LogP contribution is -2.27. The molecule has 150 valence electrons. The first kappa shape index (κ1) is 21.5. The molecule has 5 nitrogen and oxygen atoms in total. The zero-order chi connectivity index (χ0) is 21.0. The third kappa shape index (κ3) is 4.86. The molecule has 0 radical (unpaired) electrons. The van der Waals surface area contributed by atoms with Gasteiger partial charge in [-0.2, -0.15) is 0 Å². The van der Waals surface area contributed by atoms with Gasteiger partial charge in [0.25, 0.3) is 11.1 Å². The molecule has 0 N–H and O–H groups in total. The number of carbonyl (C=O) groups excluding carboxylic acids is 2. The van der Waals surface area contributed by atoms with Crippen molar-refractivity contribution in [1.29, 1.82) is 0 Å². The molecule has 1 aliphatic heterocycles. The van der Waals surface area contributed by atoms with Crippen LogP contribution in [0.3, 0.4) is 0 Å². The molecular weight excluding hydrogens is 478 g/mol. The van der Waals surface area contributed by atoms with E-state index in [2.05, 4.69) is 22.5 Å². The van der Waals surface area contributed by atoms with Crippen molar-refractivity contribution in [2.75, 3.05) is 13.7 Å². The highest BCUT2D eigenvalue weighted by Gasteiger charge is 2.34. The molecule has 1 fully saturated rings. The van der Waals surface area contributed by atoms with Crippen molar-refractivity contribution in [3.8, 4) is 11.5 Å². The van der Waals surface area contributed by atoms with E-state index in [-0.39, 0.29) is 24.3 Å². The molecule has 0 bridgehead atoms. The number of halogens is 2. The Hall–Kier alpha value is -2.22. The van der Waals surface area contributed by atoms with Crippen LogP contribution in [0.5, 0.6) is 11.5 Å². The summed E-state index contributed by atoms with van der Waals surface area (Å²) in [5.41, 5.74) is 1.55. The first-order chi connectivity index (χ1) is 13.9. The summed E-state index contributed by atoms with van der Waals surface area (Å²) in [6, 6.07) is 11.0. The SMILES string of the molecule is C=CCN1C(=O)S/C(=C\c2cc(Br)c(OCc3ccccc3Cl)c(OC)c2)C1=O. The number of rotatable bonds is 7. The van der Waals surface area contributed by atoms with Gasteiger partial charge in [0.05, 0.1) is 16.5 Å². The van der Waals surface area contributed by atoms with Crippen LogP contribution in [0.25, 0.3) is 6.08 Å². The number of imide groups is 1. The summed E-state index contributed by atoms with van der Waals surface area (Å²) < 4.78 is 12.0. The number of thioether (sulfide) groups is 1. The molecule has 1 aliphatic rings. The Morgan fingerprint density at radius 1 is 1.28 bits per heavy atom. The van der Waals surface area contributed by atoms with Gasteiger partial charge in [-0.3, -0.25) is 14.5 Å². The second kappa shape index (κ2) is 9.52. The van der Waals surface area contributed by atoms with Crippen LogP contribution in [0.4, 0.5) is 4.79 Å². The molecule has 29 heavy (non-hydrogen) atoms. The summed E-state index contributed by atoms with van der Waals surface area (Å²) in [4.78, 5) is 25.9. The fourth-order valence-electron chi connectivity index (χ4n) is 2.67. The number of carbonyl (C=O) groups is 2. The standard InChI is InChI=1S/C21H17BrClNO4S/c1-3-8-24-20(25)18(29-21(24)26)11-13-9-15(22)19(17(10-13)27-2)28-12-14-6-4-5-7-16(14)23/h3-7,9-11H,1,8,12H2,2H3/b18-11-. The van der Waals surface area contributed by atoms with Crippen molar-refractivity contribution in [2.45, 2.75) is 6.61 Å². The lowest BCUT2D eigenvalue weighted by Gasteiger charge is -2.14. The number of benzene rings is 2. The Balaban J connectivity index is 1.85. The smallest absolute Gasteiger partial charge is 0.293 e. The molecule has 0 unspecified atom stereocenters. The Morgan fingerprint density at radius 3 is 2.72 bits per heavy atom. The van der Waals surface area contributed by atoms with Crippen molar-refractivity contribution in [2.24, 2.45) is 0 Å². The van der Waals surface area contributed by atoms with E-state index in [1.165, 1.54) is 13.2 Å². The van der Waals surface area contributed by atoms with Gasteiger partial charge in [0.1, 0.15) is 6.61 Å². The van der Waals surface area contributed by atoms with Crippen LogP contribution in [0, 0.1) is 0 Å². The first-order valence-corrected chi connectivity index (χ1v) is 10.5. The minimum atomic E-state index is -0.339. The number of nitrogens with zero attached hydrogens (tertiary/aromatic N) is 1. The van der Waals surface area contributed by atoms with Gasteiger partial charge in [0.2, 0.25) is 0 Å². The molecule has 1 saturated heterocycles. The maximum atomic E-state index is 12.4. The number of methoxy groups -OCH3 is 1. The van der Waals surface area contributed by atoms with Crippen molar-refractivity contribution < 1.29 is 19.1 Å². The predicted molar refractivity (Wildman–Crippen MR) is 119 cm³/mol. The van der Waals surface area contributed by atoms with Crippen molar-refractivity contribution >= 4 is 56.5 Å². The van der Waals surface area contributed by atoms with Crippen LogP contribution < -0.4 is 9.47 Å². The van der Waals surface area contributed by atoms with E-state index in [1.54, 1.807) is 24.3 Å². The first-order valence-electron chi connectivity index (χ1n) is 8.54. The summed E-state index contributed by atoms with van der Waals surface area (Å²) >= 11 is 10.6. The van der Waals surface area contributed by atoms with Gasteiger partial charge < -0.3 is 9.47 Å². The van der Waals surface area contributed by atoms with E-state index >= 15 is 0 Å². The van der Waals surface area contributed by atoms with Gasteiger partial charge in [-0.25, -0.2) is 0 Å². The van der Waals surface area contributed by atoms with Gasteiger partial charge in [0.15, 0.2) is 11.5 Å². The lowest BCUT2D eigenvalue weighted by molar-refractivity contribution is -0.122. The lowest BCUT2D eigenvalue weighted by atomic mass is 10.1. The second-order valence-electron chi connectivity index (χ2n) is 6.00. The molecular formula is C21H17BrClNO4S. The second-order valence-corrected chi connectivity index (χ2v) is 8.25. The highest BCUT2D eigenvalue weighted by Crippen LogP contribution is 2.39. The number of hydrogen-bond acceptors (Lipinski definition) is 5. The average Bonchev–Trinajstić information content (AvgIpc) is 2.95. The normalized spacial score (nSPS) is 15.1. The Kier molecular flexibility index (Phi) is 7.05. The fraction of sp³-hybridized carbons (Fsp3) is 0.143. The summed E-state index contributed by atoms with van der Waals surface area (Å²) in [5, 5.41) is 0.307. The highest BCUT2D eigenvalue weighted by molar-refractivity contribution is 9.10. The van der Waals surface area contributed by atoms with Gasteiger partial charge in [-0.1, -0.05) is 35.9 Å². The van der Waals surface area contributed by atoms with E-state index in [9.17, 15) is 9.59 Å². The Morgan fingerprint density at radius 2 is 2.03 bits per heavy atom. The molecule has 0 saturated carbocycles. The number of ether oxygens (including phenoxy) is 2. The molecule has 0 aliphatic carbocycles. The minimum absolute atomic E-state index is 0.184. The van der Waals surface area contributed by atoms with Crippen LogP contribution in [-0.4, -0.2) is 29.7 Å². The molecule has 2 aromatic rings. The molecule has 1 heterocycles. The summed E-state index contributed by atoms with van der Waals surface area (Å²) in [6.45, 7) is 4.03. The maximum Gasteiger partial charge on any atom is 0.293 e. The number of amides is 2. The van der Waals surface area contributed by atoms with Crippen LogP contribution >= 0.6 is 39.3 Å². The molecule has 0 atom stereocenters. The third-order valence-electron chi connectivity index (χ3n) is 4.06. The molecule has 0 aromatic heterocycles. The maximum absolute atomic E-state index is 12.4. The van der Waals surface area contributed by atoms with E-state index in [1.807, 2.05) is 18.2 Å². The van der Waals surface area contributed by atoms with E-state index in [0.29, 0.717) is 31.5 Å².